The second kappa shape index (κ2) is 6.57. The van der Waals surface area contributed by atoms with Crippen LogP contribution in [0.15, 0.2) is 40.9 Å². The predicted molar refractivity (Wildman–Crippen MR) is 93.0 cm³/mol. The van der Waals surface area contributed by atoms with Gasteiger partial charge in [0, 0.05) is 8.04 Å². The highest BCUT2D eigenvalue weighted by molar-refractivity contribution is 14.1. The fourth-order valence-corrected chi connectivity index (χ4v) is 2.72. The summed E-state index contributed by atoms with van der Waals surface area (Å²) in [6.07, 6.45) is 0. The van der Waals surface area contributed by atoms with Gasteiger partial charge in [-0.25, -0.2) is 4.79 Å². The third kappa shape index (κ3) is 3.62. The first kappa shape index (κ1) is 16.0. The molecule has 4 nitrogen and oxygen atoms in total. The summed E-state index contributed by atoms with van der Waals surface area (Å²) >= 11 is 5.43. The van der Waals surface area contributed by atoms with E-state index in [2.05, 4.69) is 43.8 Å². The van der Waals surface area contributed by atoms with Crippen LogP contribution >= 0.6 is 38.5 Å². The molecule has 2 aromatic rings. The van der Waals surface area contributed by atoms with Gasteiger partial charge in [0.05, 0.1) is 16.8 Å². The minimum Gasteiger partial charge on any atom is -0.478 e. The molecule has 0 spiro atoms. The van der Waals surface area contributed by atoms with Crippen LogP contribution in [0.3, 0.4) is 0 Å². The minimum absolute atomic E-state index is 0.118. The van der Waals surface area contributed by atoms with Gasteiger partial charge in [-0.1, -0.05) is 12.1 Å². The lowest BCUT2D eigenvalue weighted by atomic mass is 10.1. The van der Waals surface area contributed by atoms with Gasteiger partial charge in [-0.2, -0.15) is 0 Å². The fourth-order valence-electron chi connectivity index (χ4n) is 1.77. The Kier molecular flexibility index (Phi) is 5.00. The monoisotopic (exact) mass is 459 g/mol. The number of amides is 1. The summed E-state index contributed by atoms with van der Waals surface area (Å²) in [4.78, 5) is 23.3. The van der Waals surface area contributed by atoms with E-state index in [4.69, 9.17) is 5.11 Å². The maximum Gasteiger partial charge on any atom is 0.335 e. The van der Waals surface area contributed by atoms with E-state index in [0.717, 1.165) is 9.13 Å². The van der Waals surface area contributed by atoms with Crippen molar-refractivity contribution in [2.45, 2.75) is 6.92 Å². The van der Waals surface area contributed by atoms with Crippen LogP contribution in [-0.2, 0) is 0 Å². The predicted octanol–water partition coefficient (Wildman–Crippen LogP) is 4.31. The van der Waals surface area contributed by atoms with Crippen molar-refractivity contribution in [2.75, 3.05) is 5.32 Å². The normalized spacial score (nSPS) is 10.2. The number of carboxylic acid groups (broad SMARTS) is 1. The van der Waals surface area contributed by atoms with Crippen LogP contribution in [0.4, 0.5) is 5.69 Å². The number of halogens is 2. The van der Waals surface area contributed by atoms with Gasteiger partial charge < -0.3 is 10.4 Å². The number of benzene rings is 2. The van der Waals surface area contributed by atoms with E-state index >= 15 is 0 Å². The molecule has 2 aromatic carbocycles. The van der Waals surface area contributed by atoms with Crippen molar-refractivity contribution in [3.8, 4) is 0 Å². The van der Waals surface area contributed by atoms with Gasteiger partial charge in [0.1, 0.15) is 0 Å². The smallest absolute Gasteiger partial charge is 0.335 e. The van der Waals surface area contributed by atoms with E-state index in [-0.39, 0.29) is 11.5 Å². The molecule has 108 valence electrons. The number of carbonyl (C=O) groups excluding carboxylic acids is 1. The number of hydrogen-bond donors (Lipinski definition) is 2. The number of anilines is 1. The molecule has 0 saturated carbocycles. The molecule has 0 aromatic heterocycles. The average Bonchev–Trinajstić information content (AvgIpc) is 2.43. The molecule has 0 aliphatic carbocycles. The van der Waals surface area contributed by atoms with E-state index < -0.39 is 5.97 Å². The van der Waals surface area contributed by atoms with Gasteiger partial charge in [0.15, 0.2) is 0 Å². The van der Waals surface area contributed by atoms with Crippen LogP contribution in [0.2, 0.25) is 0 Å². The molecule has 0 aliphatic rings. The van der Waals surface area contributed by atoms with E-state index in [1.807, 2.05) is 19.1 Å². The zero-order valence-electron chi connectivity index (χ0n) is 11.0. The molecule has 21 heavy (non-hydrogen) atoms. The molecule has 2 N–H and O–H groups in total. The Morgan fingerprint density at radius 3 is 2.62 bits per heavy atom. The summed E-state index contributed by atoms with van der Waals surface area (Å²) in [7, 11) is 0. The van der Waals surface area contributed by atoms with Gasteiger partial charge in [0.2, 0.25) is 0 Å². The first-order valence-corrected chi connectivity index (χ1v) is 7.86. The first-order valence-electron chi connectivity index (χ1n) is 5.99. The second-order valence-electron chi connectivity index (χ2n) is 4.39. The Morgan fingerprint density at radius 1 is 1.24 bits per heavy atom. The average molecular weight is 460 g/mol. The number of hydrogen-bond acceptors (Lipinski definition) is 2. The van der Waals surface area contributed by atoms with Crippen molar-refractivity contribution < 1.29 is 14.7 Å². The number of carbonyl (C=O) groups is 2. The van der Waals surface area contributed by atoms with E-state index in [9.17, 15) is 9.59 Å². The SMILES string of the molecule is Cc1cccc(C(=O)Nc2cc(C(=O)O)ccc2Br)c1I. The van der Waals surface area contributed by atoms with Crippen molar-refractivity contribution in [2.24, 2.45) is 0 Å². The van der Waals surface area contributed by atoms with Crippen LogP contribution in [0.5, 0.6) is 0 Å². The summed E-state index contributed by atoms with van der Waals surface area (Å²) in [5.74, 6) is -1.31. The number of rotatable bonds is 3. The molecule has 0 unspecified atom stereocenters. The van der Waals surface area contributed by atoms with Crippen molar-refractivity contribution in [3.63, 3.8) is 0 Å². The Bertz CT molecular complexity index is 731. The molecule has 0 saturated heterocycles. The van der Waals surface area contributed by atoms with E-state index in [0.29, 0.717) is 15.7 Å². The number of aromatic carboxylic acids is 1. The van der Waals surface area contributed by atoms with Crippen molar-refractivity contribution in [3.05, 3.63) is 61.1 Å². The molecular weight excluding hydrogens is 449 g/mol. The van der Waals surface area contributed by atoms with Crippen LogP contribution in [0, 0.1) is 10.5 Å². The van der Waals surface area contributed by atoms with Crippen LogP contribution in [-0.4, -0.2) is 17.0 Å². The Balaban J connectivity index is 2.33. The summed E-state index contributed by atoms with van der Waals surface area (Å²) in [6.45, 7) is 1.93. The molecule has 6 heteroatoms. The molecule has 0 aliphatic heterocycles. The highest BCUT2D eigenvalue weighted by atomic mass is 127. The van der Waals surface area contributed by atoms with Crippen molar-refractivity contribution in [1.29, 1.82) is 0 Å². The standard InChI is InChI=1S/C15H11BrINO3/c1-8-3-2-4-10(13(8)17)14(19)18-12-7-9(15(20)21)5-6-11(12)16/h2-7H,1H3,(H,18,19)(H,20,21). The lowest BCUT2D eigenvalue weighted by molar-refractivity contribution is 0.0696. The molecule has 0 radical (unpaired) electrons. The van der Waals surface area contributed by atoms with Crippen molar-refractivity contribution in [1.82, 2.24) is 0 Å². The first-order chi connectivity index (χ1) is 9.90. The quantitative estimate of drug-likeness (QED) is 0.672. The lowest BCUT2D eigenvalue weighted by Gasteiger charge is -2.10. The maximum atomic E-state index is 12.3. The van der Waals surface area contributed by atoms with Gasteiger partial charge in [-0.05, 0) is 75.3 Å². The Hall–Kier alpha value is -1.41. The largest absolute Gasteiger partial charge is 0.478 e. The maximum absolute atomic E-state index is 12.3. The minimum atomic E-state index is -1.04. The van der Waals surface area contributed by atoms with Gasteiger partial charge in [-0.15, -0.1) is 0 Å². The zero-order chi connectivity index (χ0) is 15.6. The lowest BCUT2D eigenvalue weighted by Crippen LogP contribution is -2.14. The topological polar surface area (TPSA) is 66.4 Å². The number of nitrogens with one attached hydrogen (secondary N) is 1. The fraction of sp³-hybridized carbons (Fsp3) is 0.0667. The van der Waals surface area contributed by atoms with Gasteiger partial charge >= 0.3 is 5.97 Å². The van der Waals surface area contributed by atoms with Crippen LogP contribution in [0.25, 0.3) is 0 Å². The summed E-state index contributed by atoms with van der Waals surface area (Å²) < 4.78 is 1.50. The Labute approximate surface area is 143 Å². The Morgan fingerprint density at radius 2 is 1.95 bits per heavy atom. The molecule has 0 atom stereocenters. The molecule has 2 rings (SSSR count). The number of aryl methyl sites for hydroxylation is 1. The third-order valence-corrected chi connectivity index (χ3v) is 5.02. The van der Waals surface area contributed by atoms with Gasteiger partial charge in [-0.3, -0.25) is 4.79 Å². The van der Waals surface area contributed by atoms with Crippen LogP contribution in [0.1, 0.15) is 26.3 Å². The highest BCUT2D eigenvalue weighted by Gasteiger charge is 2.14. The number of carboxylic acids is 1. The summed E-state index contributed by atoms with van der Waals surface area (Å²) in [5, 5.41) is 11.7. The van der Waals surface area contributed by atoms with Crippen molar-refractivity contribution >= 4 is 56.1 Å². The summed E-state index contributed by atoms with van der Waals surface area (Å²) in [6, 6.07) is 9.97. The second-order valence-corrected chi connectivity index (χ2v) is 6.32. The molecule has 0 fully saturated rings. The van der Waals surface area contributed by atoms with Crippen LogP contribution < -0.4 is 5.32 Å². The molecule has 0 heterocycles. The third-order valence-electron chi connectivity index (χ3n) is 2.90. The molecular formula is C15H11BrINO3. The van der Waals surface area contributed by atoms with E-state index in [1.165, 1.54) is 12.1 Å². The zero-order valence-corrected chi connectivity index (χ0v) is 14.7. The van der Waals surface area contributed by atoms with E-state index in [1.54, 1.807) is 12.1 Å². The highest BCUT2D eigenvalue weighted by Crippen LogP contribution is 2.25. The summed E-state index contributed by atoms with van der Waals surface area (Å²) in [5.41, 5.74) is 2.12. The van der Waals surface area contributed by atoms with Gasteiger partial charge in [0.25, 0.3) is 5.91 Å². The molecule has 0 bridgehead atoms. The molecule has 1 amide bonds.